The molecule has 1 atom stereocenters. The molecule has 0 bridgehead atoms. The molecule has 3 aromatic rings. The zero-order chi connectivity index (χ0) is 19.2. The number of imidazole rings is 1. The van der Waals surface area contributed by atoms with E-state index < -0.39 is 0 Å². The Balaban J connectivity index is 1.94. The Bertz CT molecular complexity index is 862. The van der Waals surface area contributed by atoms with Gasteiger partial charge in [-0.15, -0.1) is 0 Å². The summed E-state index contributed by atoms with van der Waals surface area (Å²) in [6, 6.07) is 10.6. The molecule has 144 valence electrons. The van der Waals surface area contributed by atoms with E-state index in [0.717, 1.165) is 17.6 Å². The maximum atomic E-state index is 9.26. The Morgan fingerprint density at radius 2 is 1.93 bits per heavy atom. The van der Waals surface area contributed by atoms with E-state index in [9.17, 15) is 5.11 Å². The summed E-state index contributed by atoms with van der Waals surface area (Å²) in [4.78, 5) is 13.9. The number of nitrogens with zero attached hydrogens (tertiary/aromatic N) is 4. The topological polar surface area (TPSA) is 87.9 Å². The highest BCUT2D eigenvalue weighted by molar-refractivity contribution is 5.84. The third kappa shape index (κ3) is 4.54. The van der Waals surface area contributed by atoms with Crippen molar-refractivity contribution >= 4 is 22.9 Å². The number of aliphatic hydroxyl groups excluding tert-OH is 1. The lowest BCUT2D eigenvalue weighted by atomic mass is 10.2. The Morgan fingerprint density at radius 1 is 1.15 bits per heavy atom. The van der Waals surface area contributed by atoms with Crippen LogP contribution in [0.4, 0.5) is 11.8 Å². The van der Waals surface area contributed by atoms with Crippen molar-refractivity contribution in [1.29, 1.82) is 0 Å². The van der Waals surface area contributed by atoms with E-state index in [1.807, 2.05) is 29.1 Å². The lowest BCUT2D eigenvalue weighted by Crippen LogP contribution is -2.22. The normalized spacial score (nSPS) is 12.5. The molecule has 27 heavy (non-hydrogen) atoms. The van der Waals surface area contributed by atoms with E-state index in [0.29, 0.717) is 24.7 Å². The van der Waals surface area contributed by atoms with Gasteiger partial charge in [0, 0.05) is 25.2 Å². The first-order valence-electron chi connectivity index (χ1n) is 9.52. The van der Waals surface area contributed by atoms with Crippen molar-refractivity contribution in [2.24, 2.45) is 0 Å². The summed E-state index contributed by atoms with van der Waals surface area (Å²) >= 11 is 0. The molecule has 0 saturated carbocycles. The van der Waals surface area contributed by atoms with Crippen LogP contribution in [0.2, 0.25) is 0 Å². The first kappa shape index (κ1) is 19.1. The summed E-state index contributed by atoms with van der Waals surface area (Å²) < 4.78 is 2.04. The van der Waals surface area contributed by atoms with Gasteiger partial charge in [-0.1, -0.05) is 37.3 Å². The minimum atomic E-state index is 0.129. The smallest absolute Gasteiger partial charge is 0.227 e. The predicted molar refractivity (Wildman–Crippen MR) is 109 cm³/mol. The number of hydrogen-bond acceptors (Lipinski definition) is 6. The average molecular weight is 368 g/mol. The first-order valence-corrected chi connectivity index (χ1v) is 9.52. The van der Waals surface area contributed by atoms with Crippen molar-refractivity contribution in [1.82, 2.24) is 19.5 Å². The summed E-state index contributed by atoms with van der Waals surface area (Å²) in [6.45, 7) is 7.09. The van der Waals surface area contributed by atoms with Crippen LogP contribution in [0.3, 0.4) is 0 Å². The molecule has 3 rings (SSSR count). The lowest BCUT2D eigenvalue weighted by Gasteiger charge is -2.17. The van der Waals surface area contributed by atoms with Crippen molar-refractivity contribution in [3.05, 3.63) is 42.2 Å². The largest absolute Gasteiger partial charge is 0.396 e. The highest BCUT2D eigenvalue weighted by atomic mass is 16.3. The van der Waals surface area contributed by atoms with Crippen LogP contribution in [-0.4, -0.2) is 37.3 Å². The third-order valence-electron chi connectivity index (χ3n) is 4.58. The van der Waals surface area contributed by atoms with Crippen molar-refractivity contribution in [2.75, 3.05) is 17.2 Å². The monoisotopic (exact) mass is 368 g/mol. The second-order valence-corrected chi connectivity index (χ2v) is 6.91. The van der Waals surface area contributed by atoms with Crippen LogP contribution in [0.1, 0.15) is 45.2 Å². The zero-order valence-corrected chi connectivity index (χ0v) is 16.2. The van der Waals surface area contributed by atoms with Gasteiger partial charge in [-0.25, -0.2) is 4.98 Å². The second kappa shape index (κ2) is 8.81. The lowest BCUT2D eigenvalue weighted by molar-refractivity contribution is 0.278. The van der Waals surface area contributed by atoms with Crippen molar-refractivity contribution < 1.29 is 5.11 Å². The van der Waals surface area contributed by atoms with Crippen molar-refractivity contribution in [3.63, 3.8) is 0 Å². The molecule has 0 fully saturated rings. The summed E-state index contributed by atoms with van der Waals surface area (Å²) in [5.74, 6) is 1.27. The van der Waals surface area contributed by atoms with Gasteiger partial charge < -0.3 is 20.3 Å². The molecule has 1 aromatic carbocycles. The van der Waals surface area contributed by atoms with Gasteiger partial charge in [0.05, 0.1) is 6.33 Å². The fourth-order valence-corrected chi connectivity index (χ4v) is 2.98. The van der Waals surface area contributed by atoms with Gasteiger partial charge in [0.1, 0.15) is 0 Å². The quantitative estimate of drug-likeness (QED) is 0.535. The van der Waals surface area contributed by atoms with E-state index in [4.69, 9.17) is 4.98 Å². The number of rotatable bonds is 9. The molecule has 0 aliphatic heterocycles. The number of anilines is 2. The van der Waals surface area contributed by atoms with Gasteiger partial charge in [-0.05, 0) is 32.3 Å². The van der Waals surface area contributed by atoms with Crippen LogP contribution in [0.15, 0.2) is 36.7 Å². The minimum Gasteiger partial charge on any atom is -0.396 e. The molecule has 7 heteroatoms. The molecular formula is C20H28N6O. The summed E-state index contributed by atoms with van der Waals surface area (Å²) in [6.07, 6.45) is 3.36. The molecule has 2 heterocycles. The van der Waals surface area contributed by atoms with E-state index in [-0.39, 0.29) is 18.7 Å². The van der Waals surface area contributed by atoms with Crippen molar-refractivity contribution in [2.45, 2.75) is 52.2 Å². The van der Waals surface area contributed by atoms with Crippen LogP contribution >= 0.6 is 0 Å². The molecular weight excluding hydrogens is 340 g/mol. The fraction of sp³-hybridized carbons (Fsp3) is 0.450. The van der Waals surface area contributed by atoms with E-state index in [2.05, 4.69) is 53.5 Å². The Hall–Kier alpha value is -2.67. The SMILES string of the molecule is CCC(CCO)Nc1nc(NCc2ccccc2)c2ncn(C(C)C)c2n1. The number of fused-ring (bicyclic) bond motifs is 1. The summed E-state index contributed by atoms with van der Waals surface area (Å²) in [5.41, 5.74) is 2.74. The maximum Gasteiger partial charge on any atom is 0.227 e. The number of aromatic nitrogens is 4. The molecule has 1 unspecified atom stereocenters. The van der Waals surface area contributed by atoms with E-state index in [1.165, 1.54) is 5.56 Å². The van der Waals surface area contributed by atoms with Crippen LogP contribution in [0.5, 0.6) is 0 Å². The number of hydrogen-bond donors (Lipinski definition) is 3. The van der Waals surface area contributed by atoms with Crippen LogP contribution < -0.4 is 10.6 Å². The number of nitrogens with one attached hydrogen (secondary N) is 2. The molecule has 0 aliphatic carbocycles. The van der Waals surface area contributed by atoms with Gasteiger partial charge in [0.2, 0.25) is 5.95 Å². The van der Waals surface area contributed by atoms with Crippen LogP contribution in [0.25, 0.3) is 11.2 Å². The zero-order valence-electron chi connectivity index (χ0n) is 16.2. The van der Waals surface area contributed by atoms with E-state index >= 15 is 0 Å². The van der Waals surface area contributed by atoms with Crippen LogP contribution in [-0.2, 0) is 6.54 Å². The number of aliphatic hydroxyl groups is 1. The minimum absolute atomic E-state index is 0.129. The molecule has 0 spiro atoms. The molecule has 0 saturated heterocycles. The standard InChI is InChI=1S/C20H28N6O/c1-4-16(10-11-27)23-20-24-18(21-12-15-8-6-5-7-9-15)17-19(25-20)26(13-22-17)14(2)3/h5-9,13-14,16,27H,4,10-12H2,1-3H3,(H2,21,23,24,25). The summed E-state index contributed by atoms with van der Waals surface area (Å²) in [7, 11) is 0. The molecule has 7 nitrogen and oxygen atoms in total. The van der Waals surface area contributed by atoms with Crippen LogP contribution in [0, 0.1) is 0 Å². The molecule has 0 radical (unpaired) electrons. The molecule has 0 amide bonds. The third-order valence-corrected chi connectivity index (χ3v) is 4.58. The second-order valence-electron chi connectivity index (χ2n) is 6.91. The molecule has 2 aromatic heterocycles. The average Bonchev–Trinajstić information content (AvgIpc) is 3.11. The van der Waals surface area contributed by atoms with Gasteiger partial charge in [0.15, 0.2) is 17.0 Å². The van der Waals surface area contributed by atoms with Gasteiger partial charge in [-0.3, -0.25) is 0 Å². The fourth-order valence-electron chi connectivity index (χ4n) is 2.98. The van der Waals surface area contributed by atoms with Gasteiger partial charge in [-0.2, -0.15) is 9.97 Å². The Morgan fingerprint density at radius 3 is 2.59 bits per heavy atom. The Kier molecular flexibility index (Phi) is 6.24. The molecule has 3 N–H and O–H groups in total. The maximum absolute atomic E-state index is 9.26. The molecule has 0 aliphatic rings. The predicted octanol–water partition coefficient (Wildman–Crippen LogP) is 3.59. The van der Waals surface area contributed by atoms with Gasteiger partial charge >= 0.3 is 0 Å². The summed E-state index contributed by atoms with van der Waals surface area (Å²) in [5, 5.41) is 16.0. The Labute approximate surface area is 159 Å². The number of benzene rings is 1. The highest BCUT2D eigenvalue weighted by Crippen LogP contribution is 2.24. The first-order chi connectivity index (χ1) is 13.1. The highest BCUT2D eigenvalue weighted by Gasteiger charge is 2.16. The van der Waals surface area contributed by atoms with Crippen molar-refractivity contribution in [3.8, 4) is 0 Å². The van der Waals surface area contributed by atoms with E-state index in [1.54, 1.807) is 0 Å². The van der Waals surface area contributed by atoms with Gasteiger partial charge in [0.25, 0.3) is 0 Å².